The molecule has 2 aromatic carbocycles. The lowest BCUT2D eigenvalue weighted by Gasteiger charge is -2.08. The lowest BCUT2D eigenvalue weighted by molar-refractivity contribution is 0.0955. The fourth-order valence-corrected chi connectivity index (χ4v) is 3.69. The first-order valence-electron chi connectivity index (χ1n) is 9.88. The molecule has 1 heterocycles. The second-order valence-electron chi connectivity index (χ2n) is 6.73. The summed E-state index contributed by atoms with van der Waals surface area (Å²) in [7, 11) is 0. The van der Waals surface area contributed by atoms with E-state index in [2.05, 4.69) is 22.4 Å². The van der Waals surface area contributed by atoms with Crippen molar-refractivity contribution in [2.75, 3.05) is 12.3 Å². The summed E-state index contributed by atoms with van der Waals surface area (Å²) < 4.78 is 6.76. The minimum Gasteiger partial charge on any atom is -0.493 e. The van der Waals surface area contributed by atoms with Crippen molar-refractivity contribution in [2.24, 2.45) is 5.10 Å². The molecule has 0 fully saturated rings. The maximum absolute atomic E-state index is 12.4. The summed E-state index contributed by atoms with van der Waals surface area (Å²) in [5, 5.41) is 4.57. The van der Waals surface area contributed by atoms with Gasteiger partial charge in [-0.05, 0) is 36.8 Å². The lowest BCUT2D eigenvalue weighted by atomic mass is 10.2. The Bertz CT molecular complexity index is 984. The fourth-order valence-electron chi connectivity index (χ4n) is 2.92. The predicted octanol–water partition coefficient (Wildman–Crippen LogP) is 4.99. The molecule has 152 valence electrons. The molecule has 3 aromatic rings. The van der Waals surface area contributed by atoms with Crippen molar-refractivity contribution in [3.63, 3.8) is 0 Å². The molecule has 0 saturated heterocycles. The largest absolute Gasteiger partial charge is 0.493 e. The first-order valence-corrected chi connectivity index (χ1v) is 10.7. The predicted molar refractivity (Wildman–Crippen MR) is 120 cm³/mol. The van der Waals surface area contributed by atoms with Crippen LogP contribution in [0.25, 0.3) is 10.2 Å². The van der Waals surface area contributed by atoms with E-state index in [0.717, 1.165) is 28.0 Å². The Hall–Kier alpha value is -2.93. The van der Waals surface area contributed by atoms with E-state index >= 15 is 0 Å². The molecule has 29 heavy (non-hydrogen) atoms. The van der Waals surface area contributed by atoms with E-state index in [-0.39, 0.29) is 5.91 Å². The van der Waals surface area contributed by atoms with Crippen LogP contribution in [-0.2, 0) is 0 Å². The van der Waals surface area contributed by atoms with Crippen LogP contribution in [0.1, 0.15) is 54.9 Å². The number of hydrazone groups is 1. The van der Waals surface area contributed by atoms with E-state index < -0.39 is 0 Å². The molecule has 0 bridgehead atoms. The summed E-state index contributed by atoms with van der Waals surface area (Å²) in [6.45, 7) is 2.89. The van der Waals surface area contributed by atoms with Gasteiger partial charge in [0.15, 0.2) is 5.13 Å². The van der Waals surface area contributed by atoms with Gasteiger partial charge < -0.3 is 10.5 Å². The number of amides is 1. The zero-order chi connectivity index (χ0) is 20.5. The number of benzene rings is 2. The second kappa shape index (κ2) is 10.6. The van der Waals surface area contributed by atoms with Crippen LogP contribution in [0.5, 0.6) is 5.75 Å². The highest BCUT2D eigenvalue weighted by Crippen LogP contribution is 2.24. The number of hydrogen-bond acceptors (Lipinski definition) is 6. The van der Waals surface area contributed by atoms with Crippen molar-refractivity contribution in [1.29, 1.82) is 0 Å². The van der Waals surface area contributed by atoms with Crippen LogP contribution >= 0.6 is 11.3 Å². The molecule has 0 spiro atoms. The third-order valence-electron chi connectivity index (χ3n) is 4.46. The highest BCUT2D eigenvalue weighted by atomic mass is 32.1. The van der Waals surface area contributed by atoms with Crippen LogP contribution < -0.4 is 15.9 Å². The Morgan fingerprint density at radius 3 is 2.90 bits per heavy atom. The molecule has 0 atom stereocenters. The van der Waals surface area contributed by atoms with Gasteiger partial charge in [0.25, 0.3) is 5.91 Å². The van der Waals surface area contributed by atoms with Crippen molar-refractivity contribution >= 4 is 38.8 Å². The van der Waals surface area contributed by atoms with Gasteiger partial charge in [-0.2, -0.15) is 5.10 Å². The molecule has 1 aromatic heterocycles. The fraction of sp³-hybridized carbons (Fsp3) is 0.318. The molecule has 0 radical (unpaired) electrons. The van der Waals surface area contributed by atoms with E-state index in [1.807, 2.05) is 24.3 Å². The zero-order valence-corrected chi connectivity index (χ0v) is 17.4. The molecule has 0 saturated carbocycles. The number of hydrogen-bond donors (Lipinski definition) is 2. The number of carbonyl (C=O) groups excluding carboxylic acids is 1. The van der Waals surface area contributed by atoms with Crippen molar-refractivity contribution in [3.8, 4) is 5.75 Å². The van der Waals surface area contributed by atoms with E-state index in [4.69, 9.17) is 10.5 Å². The molecule has 3 N–H and O–H groups in total. The summed E-state index contributed by atoms with van der Waals surface area (Å²) in [6.07, 6.45) is 7.56. The Morgan fingerprint density at radius 2 is 2.03 bits per heavy atom. The number of nitrogens with zero attached hydrogens (tertiary/aromatic N) is 2. The van der Waals surface area contributed by atoms with Crippen LogP contribution in [0.15, 0.2) is 47.6 Å². The highest BCUT2D eigenvalue weighted by Gasteiger charge is 2.08. The maximum atomic E-state index is 12.4. The van der Waals surface area contributed by atoms with Gasteiger partial charge in [0, 0.05) is 11.1 Å². The number of unbranched alkanes of at least 4 members (excludes halogenated alkanes) is 4. The zero-order valence-electron chi connectivity index (χ0n) is 16.6. The molecular weight excluding hydrogens is 384 g/mol. The average Bonchev–Trinajstić information content (AvgIpc) is 3.10. The van der Waals surface area contributed by atoms with Gasteiger partial charge in [-0.25, -0.2) is 10.4 Å². The normalized spacial score (nSPS) is 11.2. The molecule has 0 unspecified atom stereocenters. The monoisotopic (exact) mass is 410 g/mol. The van der Waals surface area contributed by atoms with Crippen LogP contribution in [0.3, 0.4) is 0 Å². The van der Waals surface area contributed by atoms with Crippen molar-refractivity contribution in [3.05, 3.63) is 53.6 Å². The molecule has 3 rings (SSSR count). The van der Waals surface area contributed by atoms with Gasteiger partial charge in [0.1, 0.15) is 5.75 Å². The minimum atomic E-state index is -0.288. The quantitative estimate of drug-likeness (QED) is 0.280. The Labute approximate surface area is 174 Å². The van der Waals surface area contributed by atoms with Crippen LogP contribution in [0, 0.1) is 0 Å². The van der Waals surface area contributed by atoms with Crippen LogP contribution in [0.4, 0.5) is 5.13 Å². The number of thiazole rings is 1. The number of para-hydroxylation sites is 1. The van der Waals surface area contributed by atoms with Crippen molar-refractivity contribution in [2.45, 2.75) is 39.0 Å². The first kappa shape index (κ1) is 20.8. The molecule has 0 aliphatic heterocycles. The van der Waals surface area contributed by atoms with Gasteiger partial charge in [-0.3, -0.25) is 4.79 Å². The summed E-state index contributed by atoms with van der Waals surface area (Å²) in [5.41, 5.74) is 10.4. The average molecular weight is 411 g/mol. The lowest BCUT2D eigenvalue weighted by Crippen LogP contribution is -2.17. The first-order chi connectivity index (χ1) is 14.2. The third kappa shape index (κ3) is 6.02. The summed E-state index contributed by atoms with van der Waals surface area (Å²) >= 11 is 1.35. The van der Waals surface area contributed by atoms with Gasteiger partial charge in [0.05, 0.1) is 23.0 Å². The second-order valence-corrected chi connectivity index (χ2v) is 7.80. The smallest absolute Gasteiger partial charge is 0.271 e. The van der Waals surface area contributed by atoms with Gasteiger partial charge in [-0.1, -0.05) is 56.1 Å². The summed E-state index contributed by atoms with van der Waals surface area (Å²) in [4.78, 5) is 16.6. The van der Waals surface area contributed by atoms with E-state index in [0.29, 0.717) is 17.3 Å². The van der Waals surface area contributed by atoms with Gasteiger partial charge >= 0.3 is 0 Å². The SMILES string of the molecule is CCCCCCCOc1ccccc1/C=N\NC(=O)c1ccc2nc(N)sc2c1. The number of nitrogens with two attached hydrogens (primary N) is 1. The Balaban J connectivity index is 1.55. The highest BCUT2D eigenvalue weighted by molar-refractivity contribution is 7.22. The maximum Gasteiger partial charge on any atom is 0.271 e. The third-order valence-corrected chi connectivity index (χ3v) is 5.31. The van der Waals surface area contributed by atoms with Gasteiger partial charge in [0.2, 0.25) is 0 Å². The number of nitrogens with one attached hydrogen (secondary N) is 1. The number of fused-ring (bicyclic) bond motifs is 1. The Morgan fingerprint density at radius 1 is 1.21 bits per heavy atom. The standard InChI is InChI=1S/C22H26N4O2S/c1-2-3-4-5-8-13-28-19-10-7-6-9-17(19)15-24-26-21(27)16-11-12-18-20(14-16)29-22(23)25-18/h6-7,9-12,14-15H,2-5,8,13H2,1H3,(H2,23,25)(H,26,27)/b24-15-. The number of rotatable bonds is 10. The number of nitrogen functional groups attached to an aromatic ring is 1. The van der Waals surface area contributed by atoms with Crippen LogP contribution in [-0.4, -0.2) is 23.7 Å². The molecule has 7 heteroatoms. The van der Waals surface area contributed by atoms with Crippen LogP contribution in [0.2, 0.25) is 0 Å². The summed E-state index contributed by atoms with van der Waals surface area (Å²) in [6, 6.07) is 12.9. The molecule has 1 amide bonds. The topological polar surface area (TPSA) is 89.6 Å². The van der Waals surface area contributed by atoms with E-state index in [1.54, 1.807) is 24.4 Å². The molecule has 6 nitrogen and oxygen atoms in total. The minimum absolute atomic E-state index is 0.288. The summed E-state index contributed by atoms with van der Waals surface area (Å²) in [5.74, 6) is 0.479. The molecular formula is C22H26N4O2S. The number of carbonyl (C=O) groups is 1. The molecule has 0 aliphatic rings. The van der Waals surface area contributed by atoms with Gasteiger partial charge in [-0.15, -0.1) is 0 Å². The van der Waals surface area contributed by atoms with Crippen molar-refractivity contribution in [1.82, 2.24) is 10.4 Å². The molecule has 0 aliphatic carbocycles. The Kier molecular flexibility index (Phi) is 7.58. The number of anilines is 1. The van der Waals surface area contributed by atoms with E-state index in [1.165, 1.54) is 37.0 Å². The number of ether oxygens (including phenoxy) is 1. The van der Waals surface area contributed by atoms with Crippen molar-refractivity contribution < 1.29 is 9.53 Å². The number of aromatic nitrogens is 1. The van der Waals surface area contributed by atoms with E-state index in [9.17, 15) is 4.79 Å².